The first-order chi connectivity index (χ1) is 6.33. The molecule has 2 aromatic carbocycles. The summed E-state index contributed by atoms with van der Waals surface area (Å²) in [5.41, 5.74) is 0.938. The summed E-state index contributed by atoms with van der Waals surface area (Å²) in [5.74, 6) is 0. The van der Waals surface area contributed by atoms with Crippen LogP contribution in [0.2, 0.25) is 0 Å². The minimum Gasteiger partial charge on any atom is -0.308 e. The number of rotatable bonds is 1. The van der Waals surface area contributed by atoms with Crippen LogP contribution in [0, 0.1) is 5.41 Å². The summed E-state index contributed by atoms with van der Waals surface area (Å²) in [5, 5.41) is 9.44. The molecular weight excluding hydrogens is 178 g/mol. The molecule has 0 radical (unpaired) electrons. The first-order valence-corrected chi connectivity index (χ1v) is 4.49. The van der Waals surface area contributed by atoms with Gasteiger partial charge in [0.2, 0.25) is 0 Å². The van der Waals surface area contributed by atoms with E-state index in [9.17, 15) is 0 Å². The van der Waals surface area contributed by atoms with Crippen LogP contribution in [-0.4, -0.2) is 6.21 Å². The van der Waals surface area contributed by atoms with E-state index in [2.05, 4.69) is 12.6 Å². The highest BCUT2D eigenvalue weighted by molar-refractivity contribution is 7.80. The van der Waals surface area contributed by atoms with Crippen molar-refractivity contribution in [3.63, 3.8) is 0 Å². The van der Waals surface area contributed by atoms with E-state index < -0.39 is 0 Å². The van der Waals surface area contributed by atoms with E-state index in [0.29, 0.717) is 0 Å². The molecular formula is C11H9NS. The zero-order valence-corrected chi connectivity index (χ0v) is 7.88. The molecule has 2 aromatic rings. The van der Waals surface area contributed by atoms with Crippen LogP contribution in [0.5, 0.6) is 0 Å². The lowest BCUT2D eigenvalue weighted by atomic mass is 10.1. The highest BCUT2D eigenvalue weighted by Gasteiger charge is 1.99. The number of hydrogen-bond donors (Lipinski definition) is 2. The van der Waals surface area contributed by atoms with Crippen molar-refractivity contribution in [3.8, 4) is 0 Å². The van der Waals surface area contributed by atoms with Crippen LogP contribution in [0.25, 0.3) is 10.8 Å². The minimum atomic E-state index is 0.938. The second-order valence-corrected chi connectivity index (χ2v) is 3.35. The van der Waals surface area contributed by atoms with Gasteiger partial charge in [-0.25, -0.2) is 0 Å². The van der Waals surface area contributed by atoms with Crippen LogP contribution in [0.4, 0.5) is 0 Å². The average Bonchev–Trinajstić information content (AvgIpc) is 2.19. The standard InChI is InChI=1S/C11H9NS/c12-7-8-5-6-11(13)10-4-2-1-3-9(8)10/h1-7,12-13H. The molecule has 0 aliphatic rings. The van der Waals surface area contributed by atoms with Crippen LogP contribution >= 0.6 is 12.6 Å². The molecule has 0 aromatic heterocycles. The van der Waals surface area contributed by atoms with Crippen molar-refractivity contribution >= 4 is 29.6 Å². The second-order valence-electron chi connectivity index (χ2n) is 2.86. The van der Waals surface area contributed by atoms with Gasteiger partial charge in [0.05, 0.1) is 0 Å². The van der Waals surface area contributed by atoms with Gasteiger partial charge in [0.15, 0.2) is 0 Å². The first-order valence-electron chi connectivity index (χ1n) is 4.04. The van der Waals surface area contributed by atoms with Crippen molar-refractivity contribution in [2.75, 3.05) is 0 Å². The van der Waals surface area contributed by atoms with E-state index in [-0.39, 0.29) is 0 Å². The molecule has 0 aliphatic carbocycles. The minimum absolute atomic E-state index is 0.938. The molecule has 0 saturated carbocycles. The molecule has 0 unspecified atom stereocenters. The second kappa shape index (κ2) is 3.23. The summed E-state index contributed by atoms with van der Waals surface area (Å²) in [6.45, 7) is 0. The van der Waals surface area contributed by atoms with Gasteiger partial charge in [-0.05, 0) is 22.4 Å². The maximum Gasteiger partial charge on any atom is 0.0256 e. The van der Waals surface area contributed by atoms with Crippen molar-refractivity contribution in [1.82, 2.24) is 0 Å². The van der Waals surface area contributed by atoms with Gasteiger partial charge in [-0.3, -0.25) is 0 Å². The van der Waals surface area contributed by atoms with Crippen molar-refractivity contribution in [2.24, 2.45) is 0 Å². The smallest absolute Gasteiger partial charge is 0.0256 e. The molecule has 0 fully saturated rings. The number of nitrogens with one attached hydrogen (secondary N) is 1. The lowest BCUT2D eigenvalue weighted by Crippen LogP contribution is -1.83. The Labute approximate surface area is 82.3 Å². The molecule has 0 atom stereocenters. The van der Waals surface area contributed by atoms with Crippen LogP contribution in [0.1, 0.15) is 5.56 Å². The van der Waals surface area contributed by atoms with Crippen molar-refractivity contribution in [2.45, 2.75) is 4.90 Å². The van der Waals surface area contributed by atoms with E-state index in [1.54, 1.807) is 0 Å². The lowest BCUT2D eigenvalue weighted by Gasteiger charge is -2.03. The Morgan fingerprint density at radius 3 is 2.38 bits per heavy atom. The van der Waals surface area contributed by atoms with E-state index in [4.69, 9.17) is 5.41 Å². The van der Waals surface area contributed by atoms with Gasteiger partial charge in [0.1, 0.15) is 0 Å². The Hall–Kier alpha value is -1.28. The molecule has 2 rings (SSSR count). The molecule has 0 saturated heterocycles. The maximum absolute atomic E-state index is 7.25. The van der Waals surface area contributed by atoms with Gasteiger partial charge in [-0.15, -0.1) is 12.6 Å². The highest BCUT2D eigenvalue weighted by atomic mass is 32.1. The summed E-state index contributed by atoms with van der Waals surface area (Å²) in [6.07, 6.45) is 1.37. The van der Waals surface area contributed by atoms with Crippen molar-refractivity contribution < 1.29 is 0 Å². The van der Waals surface area contributed by atoms with Crippen LogP contribution in [-0.2, 0) is 0 Å². The van der Waals surface area contributed by atoms with E-state index >= 15 is 0 Å². The fourth-order valence-corrected chi connectivity index (χ4v) is 1.70. The van der Waals surface area contributed by atoms with E-state index in [1.165, 1.54) is 6.21 Å². The number of fused-ring (bicyclic) bond motifs is 1. The van der Waals surface area contributed by atoms with Gasteiger partial charge >= 0.3 is 0 Å². The molecule has 1 nitrogen and oxygen atoms in total. The molecule has 0 heterocycles. The third-order valence-corrected chi connectivity index (χ3v) is 2.48. The SMILES string of the molecule is N=Cc1ccc(S)c2ccccc12. The fourth-order valence-electron chi connectivity index (χ4n) is 1.43. The average molecular weight is 187 g/mol. The normalized spacial score (nSPS) is 10.2. The molecule has 0 amide bonds. The van der Waals surface area contributed by atoms with Crippen molar-refractivity contribution in [1.29, 1.82) is 5.41 Å². The lowest BCUT2D eigenvalue weighted by molar-refractivity contribution is 1.51. The molecule has 2 heteroatoms. The van der Waals surface area contributed by atoms with Gasteiger partial charge in [0.25, 0.3) is 0 Å². The topological polar surface area (TPSA) is 23.9 Å². The van der Waals surface area contributed by atoms with Crippen molar-refractivity contribution in [3.05, 3.63) is 42.0 Å². The number of hydrogen-bond acceptors (Lipinski definition) is 2. The highest BCUT2D eigenvalue weighted by Crippen LogP contribution is 2.23. The number of benzene rings is 2. The summed E-state index contributed by atoms with van der Waals surface area (Å²) < 4.78 is 0. The van der Waals surface area contributed by atoms with E-state index in [0.717, 1.165) is 21.2 Å². The summed E-state index contributed by atoms with van der Waals surface area (Å²) >= 11 is 4.36. The van der Waals surface area contributed by atoms with Crippen LogP contribution < -0.4 is 0 Å². The van der Waals surface area contributed by atoms with Gasteiger partial charge in [-0.2, -0.15) is 0 Å². The van der Waals surface area contributed by atoms with Crippen LogP contribution in [0.3, 0.4) is 0 Å². The number of thiol groups is 1. The first kappa shape index (κ1) is 8.32. The molecule has 1 N–H and O–H groups in total. The van der Waals surface area contributed by atoms with Gasteiger partial charge in [-0.1, -0.05) is 30.3 Å². The molecule has 0 aliphatic heterocycles. The Balaban J connectivity index is 2.92. The van der Waals surface area contributed by atoms with E-state index in [1.807, 2.05) is 36.4 Å². The quantitative estimate of drug-likeness (QED) is 0.506. The molecule has 13 heavy (non-hydrogen) atoms. The summed E-state index contributed by atoms with van der Waals surface area (Å²) in [7, 11) is 0. The third-order valence-electron chi connectivity index (χ3n) is 2.09. The molecule has 64 valence electrons. The monoisotopic (exact) mass is 187 g/mol. The molecule has 0 bridgehead atoms. The predicted molar refractivity (Wildman–Crippen MR) is 59.1 cm³/mol. The maximum atomic E-state index is 7.25. The zero-order chi connectivity index (χ0) is 9.26. The largest absolute Gasteiger partial charge is 0.308 e. The molecule has 0 spiro atoms. The Kier molecular flexibility index (Phi) is 2.07. The summed E-state index contributed by atoms with van der Waals surface area (Å²) in [4.78, 5) is 0.959. The third kappa shape index (κ3) is 1.33. The van der Waals surface area contributed by atoms with Gasteiger partial charge in [0, 0.05) is 11.1 Å². The Bertz CT molecular complexity index is 463. The Morgan fingerprint density at radius 2 is 1.69 bits per heavy atom. The fraction of sp³-hybridized carbons (Fsp3) is 0. The predicted octanol–water partition coefficient (Wildman–Crippen LogP) is 3.13. The van der Waals surface area contributed by atoms with Gasteiger partial charge < -0.3 is 5.41 Å². The summed E-state index contributed by atoms with van der Waals surface area (Å²) in [6, 6.07) is 11.8. The Morgan fingerprint density at radius 1 is 1.00 bits per heavy atom. The van der Waals surface area contributed by atoms with Crippen LogP contribution in [0.15, 0.2) is 41.3 Å². The zero-order valence-electron chi connectivity index (χ0n) is 6.99.